The van der Waals surface area contributed by atoms with Gasteiger partial charge >= 0.3 is 11.9 Å². The van der Waals surface area contributed by atoms with E-state index in [1.807, 2.05) is 0 Å². The van der Waals surface area contributed by atoms with Gasteiger partial charge < -0.3 is 9.47 Å². The normalized spacial score (nSPS) is 28.5. The topological polar surface area (TPSA) is 52.6 Å². The van der Waals surface area contributed by atoms with E-state index in [1.54, 1.807) is 10.4 Å². The van der Waals surface area contributed by atoms with Crippen LogP contribution in [-0.4, -0.2) is 42.3 Å². The number of esters is 2. The Morgan fingerprint density at radius 1 is 0.906 bits per heavy atom. The van der Waals surface area contributed by atoms with Crippen molar-refractivity contribution in [2.24, 2.45) is 16.7 Å². The minimum absolute atomic E-state index is 0.00428. The molecular formula is C26H40O4Si2. The first-order valence-corrected chi connectivity index (χ1v) is 19.1. The summed E-state index contributed by atoms with van der Waals surface area (Å²) < 4.78 is 10.4. The lowest BCUT2D eigenvalue weighted by molar-refractivity contribution is -0.172. The van der Waals surface area contributed by atoms with Crippen molar-refractivity contribution in [1.29, 1.82) is 0 Å². The maximum absolute atomic E-state index is 13.0. The molecule has 3 aliphatic carbocycles. The van der Waals surface area contributed by atoms with E-state index in [1.165, 1.54) is 25.3 Å². The predicted octanol–water partition coefficient (Wildman–Crippen LogP) is 4.33. The van der Waals surface area contributed by atoms with Gasteiger partial charge in [0.1, 0.15) is 0 Å². The van der Waals surface area contributed by atoms with E-state index < -0.39 is 33.5 Å². The van der Waals surface area contributed by atoms with E-state index in [9.17, 15) is 9.59 Å². The molecule has 2 bridgehead atoms. The number of benzene rings is 1. The van der Waals surface area contributed by atoms with Gasteiger partial charge in [-0.2, -0.15) is 0 Å². The van der Waals surface area contributed by atoms with Crippen LogP contribution in [0.1, 0.15) is 49.1 Å². The van der Waals surface area contributed by atoms with E-state index in [-0.39, 0.29) is 11.3 Å². The second kappa shape index (κ2) is 7.55. The average Bonchev–Trinajstić information content (AvgIpc) is 2.98. The minimum atomic E-state index is -1.52. The number of hydrogen-bond donors (Lipinski definition) is 0. The number of hydrogen-bond acceptors (Lipinski definition) is 4. The zero-order valence-electron chi connectivity index (χ0n) is 21.2. The molecule has 6 heteroatoms. The Balaban J connectivity index is 1.84. The molecule has 2 saturated carbocycles. The van der Waals surface area contributed by atoms with Crippen LogP contribution in [0.25, 0.3) is 0 Å². The molecule has 1 aromatic carbocycles. The molecule has 0 unspecified atom stereocenters. The van der Waals surface area contributed by atoms with Crippen LogP contribution in [0.15, 0.2) is 12.1 Å². The lowest BCUT2D eigenvalue weighted by Gasteiger charge is -2.46. The third-order valence-electron chi connectivity index (χ3n) is 8.79. The fourth-order valence-corrected chi connectivity index (χ4v) is 12.5. The summed E-state index contributed by atoms with van der Waals surface area (Å²) >= 11 is 0. The Labute approximate surface area is 195 Å². The van der Waals surface area contributed by atoms with Crippen molar-refractivity contribution in [2.75, 3.05) is 14.2 Å². The average molecular weight is 473 g/mol. The van der Waals surface area contributed by atoms with E-state index in [0.29, 0.717) is 12.3 Å². The summed E-state index contributed by atoms with van der Waals surface area (Å²) in [6.07, 6.45) is 5.53. The van der Waals surface area contributed by atoms with Gasteiger partial charge in [0, 0.05) is 0 Å². The van der Waals surface area contributed by atoms with Gasteiger partial charge in [0.25, 0.3) is 0 Å². The largest absolute Gasteiger partial charge is 0.468 e. The van der Waals surface area contributed by atoms with Gasteiger partial charge in [0.05, 0.1) is 30.4 Å². The van der Waals surface area contributed by atoms with Gasteiger partial charge in [0.15, 0.2) is 5.41 Å². The van der Waals surface area contributed by atoms with Crippen LogP contribution in [0.3, 0.4) is 0 Å². The van der Waals surface area contributed by atoms with Crippen molar-refractivity contribution >= 4 is 38.5 Å². The highest BCUT2D eigenvalue weighted by molar-refractivity contribution is 6.98. The molecule has 1 spiro atoms. The summed E-state index contributed by atoms with van der Waals surface area (Å²) in [7, 11) is -0.173. The molecule has 2 fully saturated rings. The lowest BCUT2D eigenvalue weighted by atomic mass is 9.59. The quantitative estimate of drug-likeness (QED) is 0.372. The molecule has 176 valence electrons. The summed E-state index contributed by atoms with van der Waals surface area (Å²) in [6, 6.07) is 5.15. The number of carbonyl (C=O) groups is 2. The molecule has 4 rings (SSSR count). The second-order valence-electron chi connectivity index (χ2n) is 12.6. The van der Waals surface area contributed by atoms with Crippen molar-refractivity contribution < 1.29 is 19.1 Å². The van der Waals surface area contributed by atoms with E-state index in [2.05, 4.69) is 51.4 Å². The van der Waals surface area contributed by atoms with Gasteiger partial charge in [0.2, 0.25) is 0 Å². The SMILES string of the molecule is COC(=O)C1(C(=O)OC)C[C@@]23CCc4cc([Si](C)(C)C)c([Si](C)(C)C)cc4[C@H]2CC[C@@H]1C3. The van der Waals surface area contributed by atoms with E-state index in [4.69, 9.17) is 9.47 Å². The fraction of sp³-hybridized carbons (Fsp3) is 0.692. The van der Waals surface area contributed by atoms with Crippen molar-refractivity contribution in [1.82, 2.24) is 0 Å². The standard InChI is InChI=1S/C26H40O4Si2/c1-29-23(27)26(24(28)30-2)16-25-12-11-17-13-21(31(3,4)5)22(32(6,7)8)14-19(17)20(25)10-9-18(26)15-25/h13-14,18,20H,9-12,15-16H2,1-8H3/t18-,20-,25+/m1/s1. The number of fused-ring (bicyclic) bond motifs is 3. The van der Waals surface area contributed by atoms with Crippen LogP contribution in [0, 0.1) is 16.7 Å². The molecule has 3 aliphatic rings. The molecule has 1 aromatic rings. The highest BCUT2D eigenvalue weighted by Crippen LogP contribution is 2.68. The van der Waals surface area contributed by atoms with Crippen LogP contribution in [0.4, 0.5) is 0 Å². The number of carbonyl (C=O) groups excluding carboxylic acids is 2. The van der Waals surface area contributed by atoms with Crippen LogP contribution in [0.2, 0.25) is 39.3 Å². The molecular weight excluding hydrogens is 432 g/mol. The third-order valence-corrected chi connectivity index (χ3v) is 13.1. The first-order valence-electron chi connectivity index (χ1n) is 12.1. The van der Waals surface area contributed by atoms with Crippen LogP contribution in [0.5, 0.6) is 0 Å². The summed E-state index contributed by atoms with van der Waals surface area (Å²) in [5.74, 6) is -0.341. The summed E-state index contributed by atoms with van der Waals surface area (Å²) in [6.45, 7) is 14.8. The zero-order valence-corrected chi connectivity index (χ0v) is 23.2. The summed E-state index contributed by atoms with van der Waals surface area (Å²) in [5.41, 5.74) is 1.90. The van der Waals surface area contributed by atoms with Crippen molar-refractivity contribution in [3.63, 3.8) is 0 Å². The fourth-order valence-electron chi connectivity index (χ4n) is 7.33. The highest BCUT2D eigenvalue weighted by Gasteiger charge is 2.68. The van der Waals surface area contributed by atoms with Gasteiger partial charge in [-0.25, -0.2) is 0 Å². The zero-order chi connectivity index (χ0) is 23.7. The molecule has 0 saturated heterocycles. The summed E-state index contributed by atoms with van der Waals surface area (Å²) in [4.78, 5) is 26.0. The molecule has 0 aromatic heterocycles. The number of methoxy groups -OCH3 is 2. The molecule has 32 heavy (non-hydrogen) atoms. The Kier molecular flexibility index (Phi) is 5.60. The molecule has 0 radical (unpaired) electrons. The van der Waals surface area contributed by atoms with E-state index >= 15 is 0 Å². The minimum Gasteiger partial charge on any atom is -0.468 e. The van der Waals surface area contributed by atoms with Crippen molar-refractivity contribution in [2.45, 2.75) is 83.7 Å². The summed E-state index contributed by atoms with van der Waals surface area (Å²) in [5, 5.41) is 3.27. The predicted molar refractivity (Wildman–Crippen MR) is 134 cm³/mol. The molecule has 0 heterocycles. The van der Waals surface area contributed by atoms with Crippen LogP contribution in [-0.2, 0) is 25.5 Å². The van der Waals surface area contributed by atoms with Gasteiger partial charge in [-0.05, 0) is 66.9 Å². The first kappa shape index (κ1) is 23.7. The van der Waals surface area contributed by atoms with Crippen LogP contribution < -0.4 is 10.4 Å². The third kappa shape index (κ3) is 3.35. The number of ether oxygens (including phenoxy) is 2. The Hall–Kier alpha value is -1.41. The Morgan fingerprint density at radius 3 is 2.00 bits per heavy atom. The van der Waals surface area contributed by atoms with Gasteiger partial charge in [-0.3, -0.25) is 9.59 Å². The lowest BCUT2D eigenvalue weighted by Crippen LogP contribution is -2.57. The monoisotopic (exact) mass is 472 g/mol. The molecule has 3 atom stereocenters. The molecule has 0 amide bonds. The molecule has 0 N–H and O–H groups in total. The van der Waals surface area contributed by atoms with Crippen molar-refractivity contribution in [3.05, 3.63) is 23.3 Å². The highest BCUT2D eigenvalue weighted by atomic mass is 28.3. The molecule has 0 aliphatic heterocycles. The smallest absolute Gasteiger partial charge is 0.323 e. The van der Waals surface area contributed by atoms with E-state index in [0.717, 1.165) is 32.1 Å². The Morgan fingerprint density at radius 2 is 1.47 bits per heavy atom. The van der Waals surface area contributed by atoms with Crippen molar-refractivity contribution in [3.8, 4) is 0 Å². The maximum Gasteiger partial charge on any atom is 0.323 e. The first-order chi connectivity index (χ1) is 14.8. The number of rotatable bonds is 4. The van der Waals surface area contributed by atoms with Crippen LogP contribution >= 0.6 is 0 Å². The van der Waals surface area contributed by atoms with Gasteiger partial charge in [-0.1, -0.05) is 61.8 Å². The second-order valence-corrected chi connectivity index (χ2v) is 22.7. The van der Waals surface area contributed by atoms with Gasteiger partial charge in [-0.15, -0.1) is 0 Å². The Bertz CT molecular complexity index is 940. The number of aryl methyl sites for hydroxylation is 1. The molecule has 4 nitrogen and oxygen atoms in total. The maximum atomic E-state index is 13.0.